The molecule has 194 valence electrons. The van der Waals surface area contributed by atoms with Gasteiger partial charge in [-0.05, 0) is 24.0 Å². The fourth-order valence-electron chi connectivity index (χ4n) is 4.16. The predicted molar refractivity (Wildman–Crippen MR) is 143 cm³/mol. The van der Waals surface area contributed by atoms with Crippen molar-refractivity contribution in [1.82, 2.24) is 24.7 Å². The number of nitrogens with zero attached hydrogens (tertiary/aromatic N) is 6. The molecular weight excluding hydrogens is 456 g/mol. The van der Waals surface area contributed by atoms with Crippen molar-refractivity contribution >= 4 is 17.9 Å². The highest BCUT2D eigenvalue weighted by Crippen LogP contribution is 2.39. The SMILES string of the molecule is C=C(/N=C(\ON)N1CCN(CC(=O)N(C)C)CC1)C(C)(c1ccc(-c2cnc(N)nc2)cc1)C(C)C. The summed E-state index contributed by atoms with van der Waals surface area (Å²) in [6, 6.07) is 8.57. The number of carbonyl (C=O) groups is 1. The minimum Gasteiger partial charge on any atom is -0.373 e. The van der Waals surface area contributed by atoms with Gasteiger partial charge in [0.25, 0.3) is 0 Å². The van der Waals surface area contributed by atoms with Crippen LogP contribution in [-0.4, -0.2) is 83.4 Å². The van der Waals surface area contributed by atoms with Crippen molar-refractivity contribution in [2.24, 2.45) is 16.8 Å². The zero-order valence-corrected chi connectivity index (χ0v) is 21.9. The molecule has 1 aliphatic rings. The number of allylic oxidation sites excluding steroid dienone is 1. The van der Waals surface area contributed by atoms with Crippen molar-refractivity contribution in [3.63, 3.8) is 0 Å². The van der Waals surface area contributed by atoms with Gasteiger partial charge in [-0.2, -0.15) is 5.90 Å². The van der Waals surface area contributed by atoms with E-state index in [4.69, 9.17) is 21.5 Å². The van der Waals surface area contributed by atoms with Gasteiger partial charge in [-0.15, -0.1) is 0 Å². The Bertz CT molecular complexity index is 1070. The Kier molecular flexibility index (Phi) is 8.65. The summed E-state index contributed by atoms with van der Waals surface area (Å²) in [5, 5.41) is 0. The van der Waals surface area contributed by atoms with Crippen LogP contribution in [0.3, 0.4) is 0 Å². The molecule has 1 amide bonds. The third-order valence-electron chi connectivity index (χ3n) is 7.08. The summed E-state index contributed by atoms with van der Waals surface area (Å²) in [6.07, 6.45) is 3.42. The number of hydrogen-bond acceptors (Lipinski definition) is 8. The van der Waals surface area contributed by atoms with Crippen molar-refractivity contribution in [2.75, 3.05) is 52.6 Å². The van der Waals surface area contributed by atoms with Crippen LogP contribution in [-0.2, 0) is 15.0 Å². The Hall–Kier alpha value is -3.50. The molecule has 1 unspecified atom stereocenters. The smallest absolute Gasteiger partial charge is 0.312 e. The molecule has 10 heteroatoms. The average molecular weight is 495 g/mol. The Balaban J connectivity index is 1.77. The second kappa shape index (κ2) is 11.5. The van der Waals surface area contributed by atoms with E-state index in [0.29, 0.717) is 44.4 Å². The highest BCUT2D eigenvalue weighted by Gasteiger charge is 2.35. The molecule has 1 saturated heterocycles. The van der Waals surface area contributed by atoms with Crippen LogP contribution in [0.25, 0.3) is 11.1 Å². The fourth-order valence-corrected chi connectivity index (χ4v) is 4.16. The molecule has 0 bridgehead atoms. The number of rotatable bonds is 7. The third-order valence-corrected chi connectivity index (χ3v) is 7.08. The molecule has 1 aromatic carbocycles. The summed E-state index contributed by atoms with van der Waals surface area (Å²) >= 11 is 0. The number of aliphatic imine (C=N–C) groups is 1. The Morgan fingerprint density at radius 2 is 1.72 bits per heavy atom. The van der Waals surface area contributed by atoms with Gasteiger partial charge in [-0.1, -0.05) is 44.7 Å². The maximum absolute atomic E-state index is 12.0. The number of nitrogens with two attached hydrogens (primary N) is 2. The number of anilines is 1. The number of amidine groups is 1. The van der Waals surface area contributed by atoms with E-state index in [1.165, 1.54) is 0 Å². The van der Waals surface area contributed by atoms with Crippen LogP contribution in [0.2, 0.25) is 0 Å². The normalized spacial score (nSPS) is 16.5. The molecule has 1 aromatic heterocycles. The van der Waals surface area contributed by atoms with Gasteiger partial charge in [0.05, 0.1) is 6.54 Å². The molecule has 0 aliphatic carbocycles. The molecular formula is C26H38N8O2. The van der Waals surface area contributed by atoms with Gasteiger partial charge in [0, 0.05) is 69.3 Å². The highest BCUT2D eigenvalue weighted by atomic mass is 16.6. The number of likely N-dealkylation sites (N-methyl/N-ethyl adjacent to an activating group) is 1. The number of piperazine rings is 1. The molecule has 1 fully saturated rings. The zero-order chi connectivity index (χ0) is 26.5. The molecule has 2 heterocycles. The Morgan fingerprint density at radius 1 is 1.14 bits per heavy atom. The number of nitrogen functional groups attached to an aromatic ring is 1. The number of aromatic nitrogens is 2. The van der Waals surface area contributed by atoms with E-state index in [1.807, 2.05) is 17.0 Å². The van der Waals surface area contributed by atoms with Crippen LogP contribution in [0, 0.1) is 5.92 Å². The number of carbonyl (C=O) groups excluding carboxylic acids is 1. The van der Waals surface area contributed by atoms with Crippen molar-refractivity contribution in [2.45, 2.75) is 26.2 Å². The molecule has 1 aliphatic heterocycles. The van der Waals surface area contributed by atoms with Crippen LogP contribution < -0.4 is 11.6 Å². The molecule has 0 radical (unpaired) electrons. The number of benzene rings is 1. The second-order valence-electron chi connectivity index (χ2n) is 9.77. The fraction of sp³-hybridized carbons (Fsp3) is 0.462. The van der Waals surface area contributed by atoms with Crippen molar-refractivity contribution in [3.05, 3.63) is 54.5 Å². The van der Waals surface area contributed by atoms with Crippen molar-refractivity contribution in [3.8, 4) is 11.1 Å². The maximum atomic E-state index is 12.0. The van der Waals surface area contributed by atoms with Gasteiger partial charge < -0.3 is 20.4 Å². The minimum atomic E-state index is -0.458. The number of amides is 1. The molecule has 4 N–H and O–H groups in total. The van der Waals surface area contributed by atoms with E-state index in [-0.39, 0.29) is 17.8 Å². The molecule has 2 aromatic rings. The lowest BCUT2D eigenvalue weighted by Crippen LogP contribution is -2.52. The molecule has 10 nitrogen and oxygen atoms in total. The molecule has 0 spiro atoms. The summed E-state index contributed by atoms with van der Waals surface area (Å²) in [5.41, 5.74) is 8.78. The lowest BCUT2D eigenvalue weighted by atomic mass is 9.71. The first kappa shape index (κ1) is 27.1. The summed E-state index contributed by atoms with van der Waals surface area (Å²) in [5.74, 6) is 6.19. The highest BCUT2D eigenvalue weighted by molar-refractivity contribution is 5.78. The van der Waals surface area contributed by atoms with E-state index >= 15 is 0 Å². The topological polar surface area (TPSA) is 126 Å². The van der Waals surface area contributed by atoms with Gasteiger partial charge in [0.15, 0.2) is 0 Å². The van der Waals surface area contributed by atoms with Gasteiger partial charge in [0.1, 0.15) is 0 Å². The zero-order valence-electron chi connectivity index (χ0n) is 21.9. The number of hydrogen-bond donors (Lipinski definition) is 2. The van der Waals surface area contributed by atoms with Gasteiger partial charge in [-0.25, -0.2) is 15.0 Å². The lowest BCUT2D eigenvalue weighted by molar-refractivity contribution is -0.130. The van der Waals surface area contributed by atoms with Gasteiger partial charge in [-0.3, -0.25) is 9.69 Å². The van der Waals surface area contributed by atoms with Crippen LogP contribution in [0.1, 0.15) is 26.3 Å². The second-order valence-corrected chi connectivity index (χ2v) is 9.77. The van der Waals surface area contributed by atoms with E-state index in [0.717, 1.165) is 16.7 Å². The van der Waals surface area contributed by atoms with Crippen LogP contribution in [0.5, 0.6) is 0 Å². The van der Waals surface area contributed by atoms with Crippen molar-refractivity contribution < 1.29 is 9.63 Å². The quantitative estimate of drug-likeness (QED) is 0.340. The first-order valence-electron chi connectivity index (χ1n) is 12.1. The molecule has 0 saturated carbocycles. The standard InChI is InChI=1S/C26H38N8O2/c1-18(2)26(4,22-9-7-20(8-10-22)21-15-29-24(27)30-16-21)19(3)31-25(36-28)34-13-11-33(12-14-34)17-23(35)32(5)6/h7-10,15-16,18H,3,11-14,17,28H2,1-2,4-6H3,(H2,27,29,30)/b31-25-. The van der Waals surface area contributed by atoms with Crippen LogP contribution >= 0.6 is 0 Å². The van der Waals surface area contributed by atoms with Crippen molar-refractivity contribution in [1.29, 1.82) is 0 Å². The van der Waals surface area contributed by atoms with E-state index in [2.05, 4.69) is 54.4 Å². The predicted octanol–water partition coefficient (Wildman–Crippen LogP) is 2.11. The monoisotopic (exact) mass is 494 g/mol. The summed E-state index contributed by atoms with van der Waals surface area (Å²) < 4.78 is 0. The summed E-state index contributed by atoms with van der Waals surface area (Å²) in [4.78, 5) is 35.9. The Morgan fingerprint density at radius 3 is 2.22 bits per heavy atom. The first-order chi connectivity index (χ1) is 17.1. The third kappa shape index (κ3) is 6.00. The summed E-state index contributed by atoms with van der Waals surface area (Å²) in [6.45, 7) is 13.9. The first-order valence-corrected chi connectivity index (χ1v) is 12.1. The molecule has 36 heavy (non-hydrogen) atoms. The largest absolute Gasteiger partial charge is 0.373 e. The molecule has 3 rings (SSSR count). The van der Waals surface area contributed by atoms with Crippen LogP contribution in [0.15, 0.2) is 53.9 Å². The lowest BCUT2D eigenvalue weighted by Gasteiger charge is -2.37. The summed E-state index contributed by atoms with van der Waals surface area (Å²) in [7, 11) is 3.53. The molecule has 1 atom stereocenters. The van der Waals surface area contributed by atoms with Gasteiger partial charge >= 0.3 is 6.02 Å². The average Bonchev–Trinajstić information content (AvgIpc) is 2.87. The van der Waals surface area contributed by atoms with Gasteiger partial charge in [0.2, 0.25) is 11.9 Å². The van der Waals surface area contributed by atoms with E-state index in [1.54, 1.807) is 31.4 Å². The Labute approximate surface area is 213 Å². The van der Waals surface area contributed by atoms with E-state index in [9.17, 15) is 4.79 Å². The minimum absolute atomic E-state index is 0.0865. The van der Waals surface area contributed by atoms with Crippen LogP contribution in [0.4, 0.5) is 5.95 Å². The maximum Gasteiger partial charge on any atom is 0.312 e. The van der Waals surface area contributed by atoms with E-state index < -0.39 is 5.41 Å².